The minimum absolute atomic E-state index is 0.308. The third-order valence-corrected chi connectivity index (χ3v) is 6.28. The monoisotopic (exact) mass is 363 g/mol. The van der Waals surface area contributed by atoms with E-state index in [1.165, 1.54) is 5.69 Å². The molecule has 138 valence electrons. The van der Waals surface area contributed by atoms with Crippen LogP contribution in [0.5, 0.6) is 5.75 Å². The highest BCUT2D eigenvalue weighted by Gasteiger charge is 2.27. The van der Waals surface area contributed by atoms with Gasteiger partial charge in [0.05, 0.1) is 23.9 Å². The summed E-state index contributed by atoms with van der Waals surface area (Å²) in [6.07, 6.45) is 2.26. The van der Waals surface area contributed by atoms with Crippen LogP contribution in [0.4, 0.5) is 5.69 Å². The minimum atomic E-state index is 0.308. The van der Waals surface area contributed by atoms with Crippen molar-refractivity contribution in [1.82, 2.24) is 9.80 Å². The Morgan fingerprint density at radius 1 is 1.12 bits per heavy atom. The van der Waals surface area contributed by atoms with E-state index in [9.17, 15) is 4.79 Å². The molecule has 0 N–H and O–H groups in total. The molecule has 0 spiro atoms. The van der Waals surface area contributed by atoms with Crippen molar-refractivity contribution in [2.45, 2.75) is 25.1 Å². The predicted molar refractivity (Wildman–Crippen MR) is 105 cm³/mol. The van der Waals surface area contributed by atoms with Gasteiger partial charge in [-0.25, -0.2) is 0 Å². The molecule has 1 amide bonds. The van der Waals surface area contributed by atoms with Crippen LogP contribution in [0.2, 0.25) is 0 Å². The summed E-state index contributed by atoms with van der Waals surface area (Å²) < 4.78 is 5.48. The number of thioether (sulfide) groups is 1. The number of carbonyl (C=O) groups is 1. The third kappa shape index (κ3) is 4.61. The van der Waals surface area contributed by atoms with Crippen molar-refractivity contribution in [3.05, 3.63) is 24.3 Å². The number of anilines is 1. The van der Waals surface area contributed by atoms with Crippen molar-refractivity contribution in [2.24, 2.45) is 0 Å². The highest BCUT2D eigenvalue weighted by atomic mass is 32.2. The Bertz CT molecular complexity index is 576. The second-order valence-electron chi connectivity index (χ2n) is 6.71. The largest absolute Gasteiger partial charge is 0.495 e. The van der Waals surface area contributed by atoms with Gasteiger partial charge in [-0.2, -0.15) is 0 Å². The van der Waals surface area contributed by atoms with E-state index in [0.717, 1.165) is 57.9 Å². The lowest BCUT2D eigenvalue weighted by Gasteiger charge is -2.36. The molecule has 3 rings (SSSR count). The Hall–Kier alpha value is -1.40. The van der Waals surface area contributed by atoms with E-state index in [0.29, 0.717) is 17.0 Å². The quantitative estimate of drug-likeness (QED) is 0.696. The van der Waals surface area contributed by atoms with Gasteiger partial charge in [0.2, 0.25) is 5.91 Å². The zero-order valence-corrected chi connectivity index (χ0v) is 16.1. The summed E-state index contributed by atoms with van der Waals surface area (Å²) in [6, 6.07) is 8.26. The van der Waals surface area contributed by atoms with Crippen LogP contribution in [0.1, 0.15) is 19.8 Å². The van der Waals surface area contributed by atoms with E-state index >= 15 is 0 Å². The first-order chi connectivity index (χ1) is 12.2. The van der Waals surface area contributed by atoms with Crippen LogP contribution in [0.3, 0.4) is 0 Å². The molecule has 1 aromatic rings. The Kier molecular flexibility index (Phi) is 6.48. The molecule has 2 aliphatic heterocycles. The normalized spacial score (nSPS) is 21.8. The van der Waals surface area contributed by atoms with Gasteiger partial charge >= 0.3 is 0 Å². The average molecular weight is 364 g/mol. The smallest absolute Gasteiger partial charge is 0.233 e. The second-order valence-corrected chi connectivity index (χ2v) is 8.01. The van der Waals surface area contributed by atoms with Crippen LogP contribution in [-0.4, -0.2) is 73.2 Å². The molecule has 1 aromatic carbocycles. The Balaban J connectivity index is 1.37. The Morgan fingerprint density at radius 3 is 2.52 bits per heavy atom. The second kappa shape index (κ2) is 8.81. The number of unbranched alkanes of at least 4 members (excludes halogenated alkanes) is 1. The Morgan fingerprint density at radius 2 is 1.84 bits per heavy atom. The first kappa shape index (κ1) is 18.4. The molecule has 1 atom stereocenters. The fourth-order valence-corrected chi connectivity index (χ4v) is 4.55. The highest BCUT2D eigenvalue weighted by Crippen LogP contribution is 2.28. The molecule has 2 aliphatic rings. The molecule has 6 heteroatoms. The standard InChI is InChI=1S/C19H29N3O2S/c1-16-22(19(23)15-25-16)10-6-5-9-20-11-13-21(14-12-20)17-7-3-4-8-18(17)24-2/h3-4,7-8,16H,5-6,9-15H2,1-2H3. The zero-order chi connectivity index (χ0) is 17.6. The van der Waals surface area contributed by atoms with Crippen molar-refractivity contribution in [2.75, 3.05) is 57.0 Å². The summed E-state index contributed by atoms with van der Waals surface area (Å²) in [5.41, 5.74) is 1.20. The van der Waals surface area contributed by atoms with Gasteiger partial charge in [-0.1, -0.05) is 12.1 Å². The van der Waals surface area contributed by atoms with Crippen LogP contribution in [0.15, 0.2) is 24.3 Å². The fraction of sp³-hybridized carbons (Fsp3) is 0.632. The maximum absolute atomic E-state index is 11.8. The van der Waals surface area contributed by atoms with Crippen molar-refractivity contribution in [1.29, 1.82) is 0 Å². The lowest BCUT2D eigenvalue weighted by molar-refractivity contribution is -0.127. The molecular weight excluding hydrogens is 334 g/mol. The van der Waals surface area contributed by atoms with Crippen LogP contribution < -0.4 is 9.64 Å². The maximum atomic E-state index is 11.8. The molecule has 0 radical (unpaired) electrons. The van der Waals surface area contributed by atoms with Gasteiger partial charge in [-0.05, 0) is 38.4 Å². The topological polar surface area (TPSA) is 36.0 Å². The van der Waals surface area contributed by atoms with E-state index in [2.05, 4.69) is 28.9 Å². The number of piperazine rings is 1. The van der Waals surface area contributed by atoms with Crippen molar-refractivity contribution >= 4 is 23.4 Å². The Labute approximate surface area is 155 Å². The zero-order valence-electron chi connectivity index (χ0n) is 15.3. The van der Waals surface area contributed by atoms with Gasteiger partial charge in [0, 0.05) is 32.7 Å². The fourth-order valence-electron chi connectivity index (χ4n) is 3.60. The first-order valence-corrected chi connectivity index (χ1v) is 10.3. The van der Waals surface area contributed by atoms with Gasteiger partial charge in [0.1, 0.15) is 5.75 Å². The summed E-state index contributed by atoms with van der Waals surface area (Å²) in [5.74, 6) is 1.92. The number of nitrogens with zero attached hydrogens (tertiary/aromatic N) is 3. The van der Waals surface area contributed by atoms with E-state index in [1.54, 1.807) is 18.9 Å². The van der Waals surface area contributed by atoms with E-state index in [-0.39, 0.29) is 0 Å². The molecule has 2 heterocycles. The number of benzene rings is 1. The molecule has 0 saturated carbocycles. The lowest BCUT2D eigenvalue weighted by Crippen LogP contribution is -2.46. The molecule has 5 nitrogen and oxygen atoms in total. The number of ether oxygens (including phenoxy) is 1. The first-order valence-electron chi connectivity index (χ1n) is 9.20. The number of hydrogen-bond acceptors (Lipinski definition) is 5. The molecule has 2 saturated heterocycles. The number of amides is 1. The number of hydrogen-bond donors (Lipinski definition) is 0. The number of methoxy groups -OCH3 is 1. The number of rotatable bonds is 7. The molecular formula is C19H29N3O2S. The molecule has 0 aromatic heterocycles. The summed E-state index contributed by atoms with van der Waals surface area (Å²) in [7, 11) is 1.74. The molecule has 25 heavy (non-hydrogen) atoms. The van der Waals surface area contributed by atoms with Gasteiger partial charge in [0.25, 0.3) is 0 Å². The van der Waals surface area contributed by atoms with Crippen molar-refractivity contribution < 1.29 is 9.53 Å². The van der Waals surface area contributed by atoms with E-state index < -0.39 is 0 Å². The summed E-state index contributed by atoms with van der Waals surface area (Å²) in [4.78, 5) is 18.8. The number of para-hydroxylation sites is 2. The average Bonchev–Trinajstić information content (AvgIpc) is 2.97. The van der Waals surface area contributed by atoms with Crippen LogP contribution in [0, 0.1) is 0 Å². The minimum Gasteiger partial charge on any atom is -0.495 e. The maximum Gasteiger partial charge on any atom is 0.233 e. The molecule has 1 unspecified atom stereocenters. The van der Waals surface area contributed by atoms with Crippen molar-refractivity contribution in [3.8, 4) is 5.75 Å². The van der Waals surface area contributed by atoms with Gasteiger partial charge in [0.15, 0.2) is 0 Å². The summed E-state index contributed by atoms with van der Waals surface area (Å²) in [5, 5.41) is 0.358. The third-order valence-electron chi connectivity index (χ3n) is 5.13. The van der Waals surface area contributed by atoms with E-state index in [4.69, 9.17) is 4.74 Å². The SMILES string of the molecule is COc1ccccc1N1CCN(CCCCN2C(=O)CSC2C)CC1. The molecule has 0 bridgehead atoms. The molecule has 0 aliphatic carbocycles. The predicted octanol–water partition coefficient (Wildman–Crippen LogP) is 2.52. The molecule has 2 fully saturated rings. The van der Waals surface area contributed by atoms with Crippen LogP contribution in [-0.2, 0) is 4.79 Å². The summed E-state index contributed by atoms with van der Waals surface area (Å²) in [6.45, 7) is 8.43. The summed E-state index contributed by atoms with van der Waals surface area (Å²) >= 11 is 1.75. The van der Waals surface area contributed by atoms with E-state index in [1.807, 2.05) is 17.0 Å². The highest BCUT2D eigenvalue weighted by molar-refractivity contribution is 8.00. The van der Waals surface area contributed by atoms with Crippen LogP contribution >= 0.6 is 11.8 Å². The van der Waals surface area contributed by atoms with Crippen molar-refractivity contribution in [3.63, 3.8) is 0 Å². The number of carbonyl (C=O) groups excluding carboxylic acids is 1. The lowest BCUT2D eigenvalue weighted by atomic mass is 10.2. The van der Waals surface area contributed by atoms with Gasteiger partial charge < -0.3 is 14.5 Å². The van der Waals surface area contributed by atoms with Gasteiger partial charge in [-0.15, -0.1) is 11.8 Å². The van der Waals surface area contributed by atoms with Gasteiger partial charge in [-0.3, -0.25) is 9.69 Å². The van der Waals surface area contributed by atoms with Crippen LogP contribution in [0.25, 0.3) is 0 Å².